The van der Waals surface area contributed by atoms with Gasteiger partial charge < -0.3 is 0 Å². The molecule has 0 aliphatic rings. The summed E-state index contributed by atoms with van der Waals surface area (Å²) in [7, 11) is 0. The monoisotopic (exact) mass is 635 g/mol. The third kappa shape index (κ3) is 5.35. The molecule has 2 aromatic heterocycles. The van der Waals surface area contributed by atoms with E-state index in [-0.39, 0.29) is 52.1 Å². The Balaban J connectivity index is 1.26. The predicted octanol–water partition coefficient (Wildman–Crippen LogP) is 11.3. The van der Waals surface area contributed by atoms with Crippen LogP contribution in [0.25, 0.3) is 83.9 Å². The number of hydrogen-bond donors (Lipinski definition) is 0. The molecule has 230 valence electrons. The average molecular weight is 636 g/mol. The molecule has 0 radical (unpaired) electrons. The highest BCUT2D eigenvalue weighted by atomic mass is 15.2. The number of nitrogens with zero attached hydrogens (tertiary/aromatic N) is 4. The number of para-hydroxylation sites is 1. The fourth-order valence-corrected chi connectivity index (χ4v) is 6.11. The van der Waals surface area contributed by atoms with Gasteiger partial charge in [-0.25, -0.2) is 4.98 Å². The van der Waals surface area contributed by atoms with Gasteiger partial charge in [-0.3, -0.25) is 4.57 Å². The van der Waals surface area contributed by atoms with Crippen LogP contribution in [0, 0.1) is 0 Å². The number of benzene rings is 7. The molecule has 0 aliphatic heterocycles. The molecule has 9 rings (SSSR count). The van der Waals surface area contributed by atoms with Crippen LogP contribution in [0.15, 0.2) is 182 Å². The molecule has 7 aromatic carbocycles. The Hall–Kier alpha value is -6.65. The topological polar surface area (TPSA) is 43.6 Å². The molecule has 0 spiro atoms. The maximum absolute atomic E-state index is 9.11. The van der Waals surface area contributed by atoms with E-state index in [4.69, 9.17) is 27.3 Å². The van der Waals surface area contributed by atoms with Gasteiger partial charge in [0.1, 0.15) is 0 Å². The number of hydrogen-bond acceptors (Lipinski definition) is 3. The molecule has 0 saturated carbocycles. The molecule has 4 nitrogen and oxygen atoms in total. The van der Waals surface area contributed by atoms with E-state index in [1.54, 1.807) is 22.8 Å². The van der Waals surface area contributed by atoms with E-state index in [1.807, 2.05) is 78.9 Å². The second kappa shape index (κ2) is 12.2. The molecule has 4 heteroatoms. The van der Waals surface area contributed by atoms with Crippen LogP contribution in [0.1, 0.15) is 12.3 Å². The SMILES string of the molecule is [2H]c1c([2H])c([2H])c(-c2ccc3c(c2)c2c([2H])c([2H])c([2H])c([2H])c2n3-c2nc(-c3ccccc3)nc(-c3ccc(-c4cccc(-c5ccccc5)c4)cc3)n2)c([2H])c1[2H]. The van der Waals surface area contributed by atoms with E-state index >= 15 is 0 Å². The first-order chi connectivity index (χ1) is 28.0. The van der Waals surface area contributed by atoms with Gasteiger partial charge in [0.05, 0.1) is 23.4 Å². The maximum atomic E-state index is 9.11. The van der Waals surface area contributed by atoms with Gasteiger partial charge in [-0.05, 0) is 57.6 Å². The Bertz CT molecular complexity index is 3070. The standard InChI is InChI=1S/C45H30N4/c1-4-13-31(14-5-1)36-19-12-20-37(29-36)33-23-25-35(26-24-33)44-46-43(34-17-8-3-9-18-34)47-45(48-44)49-41-22-11-10-21-39(41)40-30-38(27-28-42(40)49)32-15-6-2-7-16-32/h1-30H/i2D,6D,7D,10D,11D,15D,16D,21D,22D. The van der Waals surface area contributed by atoms with Gasteiger partial charge in [-0.1, -0.05) is 158 Å². The molecule has 2 heterocycles. The average Bonchev–Trinajstić information content (AvgIpc) is 3.61. The summed E-state index contributed by atoms with van der Waals surface area (Å²) in [6, 6.07) is 36.8. The number of rotatable bonds is 6. The van der Waals surface area contributed by atoms with Crippen molar-refractivity contribution in [1.29, 1.82) is 0 Å². The van der Waals surface area contributed by atoms with Crippen LogP contribution in [0.3, 0.4) is 0 Å². The molecule has 0 saturated heterocycles. The van der Waals surface area contributed by atoms with E-state index in [9.17, 15) is 0 Å². The van der Waals surface area contributed by atoms with Gasteiger partial charge in [0.2, 0.25) is 5.95 Å². The second-order valence-electron chi connectivity index (χ2n) is 11.5. The zero-order chi connectivity index (χ0) is 40.4. The quantitative estimate of drug-likeness (QED) is 0.183. The second-order valence-corrected chi connectivity index (χ2v) is 11.5. The zero-order valence-corrected chi connectivity index (χ0v) is 25.9. The summed E-state index contributed by atoms with van der Waals surface area (Å²) in [5.41, 5.74) is 6.43. The first kappa shape index (κ1) is 20.6. The highest BCUT2D eigenvalue weighted by Crippen LogP contribution is 2.35. The number of aromatic nitrogens is 4. The Morgan fingerprint density at radius 3 is 1.61 bits per heavy atom. The summed E-state index contributed by atoms with van der Waals surface area (Å²) in [6.45, 7) is 0. The lowest BCUT2D eigenvalue weighted by molar-refractivity contribution is 0.953. The van der Waals surface area contributed by atoms with Crippen LogP contribution >= 0.6 is 0 Å². The molecular weight excluding hydrogens is 597 g/mol. The lowest BCUT2D eigenvalue weighted by Gasteiger charge is -2.11. The smallest absolute Gasteiger partial charge is 0.238 e. The van der Waals surface area contributed by atoms with Gasteiger partial charge in [-0.15, -0.1) is 0 Å². The van der Waals surface area contributed by atoms with Crippen molar-refractivity contribution in [3.63, 3.8) is 0 Å². The maximum Gasteiger partial charge on any atom is 0.238 e. The molecule has 0 unspecified atom stereocenters. The first-order valence-corrected chi connectivity index (χ1v) is 15.7. The molecular formula is C45H30N4. The van der Waals surface area contributed by atoms with Crippen molar-refractivity contribution >= 4 is 21.8 Å². The van der Waals surface area contributed by atoms with Crippen LogP contribution in [-0.4, -0.2) is 19.5 Å². The van der Waals surface area contributed by atoms with Crippen molar-refractivity contribution in [2.75, 3.05) is 0 Å². The predicted molar refractivity (Wildman–Crippen MR) is 201 cm³/mol. The van der Waals surface area contributed by atoms with Gasteiger partial charge in [0, 0.05) is 21.9 Å². The van der Waals surface area contributed by atoms with E-state index in [2.05, 4.69) is 30.3 Å². The first-order valence-electron chi connectivity index (χ1n) is 20.2. The highest BCUT2D eigenvalue weighted by molar-refractivity contribution is 6.10. The van der Waals surface area contributed by atoms with Crippen molar-refractivity contribution < 1.29 is 12.3 Å². The summed E-state index contributed by atoms with van der Waals surface area (Å²) in [5.74, 6) is 0.774. The Morgan fingerprint density at radius 2 is 0.898 bits per heavy atom. The van der Waals surface area contributed by atoms with Gasteiger partial charge >= 0.3 is 0 Å². The normalized spacial score (nSPS) is 13.8. The van der Waals surface area contributed by atoms with E-state index < -0.39 is 30.2 Å². The van der Waals surface area contributed by atoms with Gasteiger partial charge in [-0.2, -0.15) is 9.97 Å². The summed E-state index contributed by atoms with van der Waals surface area (Å²) in [4.78, 5) is 14.7. The lowest BCUT2D eigenvalue weighted by atomic mass is 9.98. The highest BCUT2D eigenvalue weighted by Gasteiger charge is 2.18. The minimum absolute atomic E-state index is 0.0290. The van der Waals surface area contributed by atoms with E-state index in [1.165, 1.54) is 0 Å². The fraction of sp³-hybridized carbons (Fsp3) is 0. The van der Waals surface area contributed by atoms with Gasteiger partial charge in [0.25, 0.3) is 0 Å². The van der Waals surface area contributed by atoms with Crippen molar-refractivity contribution in [1.82, 2.24) is 19.5 Å². The third-order valence-electron chi connectivity index (χ3n) is 8.49. The van der Waals surface area contributed by atoms with Crippen LogP contribution < -0.4 is 0 Å². The minimum atomic E-state index is -0.516. The molecule has 0 N–H and O–H groups in total. The fourth-order valence-electron chi connectivity index (χ4n) is 6.11. The largest absolute Gasteiger partial charge is 0.278 e. The zero-order valence-electron chi connectivity index (χ0n) is 34.9. The molecule has 0 atom stereocenters. The molecule has 0 amide bonds. The molecule has 0 aliphatic carbocycles. The third-order valence-corrected chi connectivity index (χ3v) is 8.49. The van der Waals surface area contributed by atoms with Crippen LogP contribution in [0.2, 0.25) is 0 Å². The molecule has 0 fully saturated rings. The minimum Gasteiger partial charge on any atom is -0.278 e. The summed E-state index contributed by atoms with van der Waals surface area (Å²) >= 11 is 0. The summed E-state index contributed by atoms with van der Waals surface area (Å²) < 4.78 is 78.7. The Morgan fingerprint density at radius 1 is 0.367 bits per heavy atom. The molecule has 0 bridgehead atoms. The van der Waals surface area contributed by atoms with Crippen molar-refractivity contribution in [2.24, 2.45) is 0 Å². The van der Waals surface area contributed by atoms with Crippen molar-refractivity contribution in [2.45, 2.75) is 0 Å². The van der Waals surface area contributed by atoms with E-state index in [0.717, 1.165) is 22.3 Å². The van der Waals surface area contributed by atoms with E-state index in [0.29, 0.717) is 33.7 Å². The summed E-state index contributed by atoms with van der Waals surface area (Å²) in [5, 5.41) is 0.525. The van der Waals surface area contributed by atoms with Crippen LogP contribution in [0.5, 0.6) is 0 Å². The van der Waals surface area contributed by atoms with Crippen LogP contribution in [-0.2, 0) is 0 Å². The molecule has 9 aromatic rings. The van der Waals surface area contributed by atoms with Crippen molar-refractivity contribution in [3.8, 4) is 62.1 Å². The van der Waals surface area contributed by atoms with Gasteiger partial charge in [0.15, 0.2) is 11.6 Å². The summed E-state index contributed by atoms with van der Waals surface area (Å²) in [6.07, 6.45) is 0. The van der Waals surface area contributed by atoms with Crippen LogP contribution in [0.4, 0.5) is 0 Å². The van der Waals surface area contributed by atoms with Crippen molar-refractivity contribution in [3.05, 3.63) is 182 Å². The lowest BCUT2D eigenvalue weighted by Crippen LogP contribution is -2.06. The molecule has 49 heavy (non-hydrogen) atoms. The Kier molecular flexibility index (Phi) is 5.11. The Labute approximate surface area is 297 Å². The number of fused-ring (bicyclic) bond motifs is 3.